The molecule has 1 amide bonds. The molecule has 1 unspecified atom stereocenters. The van der Waals surface area contributed by atoms with Crippen LogP contribution >= 0.6 is 0 Å². The molecule has 0 spiro atoms. The van der Waals surface area contributed by atoms with E-state index in [9.17, 15) is 14.0 Å². The highest BCUT2D eigenvalue weighted by molar-refractivity contribution is 5.76. The van der Waals surface area contributed by atoms with E-state index < -0.39 is 5.76 Å². The first-order valence-corrected chi connectivity index (χ1v) is 8.57. The van der Waals surface area contributed by atoms with Gasteiger partial charge in [0.2, 0.25) is 5.91 Å². The molecule has 136 valence electrons. The summed E-state index contributed by atoms with van der Waals surface area (Å²) in [4.78, 5) is 26.0. The number of nitrogens with zero attached hydrogens (tertiary/aromatic N) is 2. The van der Waals surface area contributed by atoms with Crippen LogP contribution in [0.4, 0.5) is 4.39 Å². The Hall–Kier alpha value is -2.89. The van der Waals surface area contributed by atoms with Gasteiger partial charge in [0.1, 0.15) is 5.82 Å². The number of fused-ring (bicyclic) bond motifs is 1. The van der Waals surface area contributed by atoms with Crippen LogP contribution in [0.1, 0.15) is 31.4 Å². The second kappa shape index (κ2) is 7.56. The molecule has 5 nitrogen and oxygen atoms in total. The molecule has 0 aliphatic heterocycles. The predicted molar refractivity (Wildman–Crippen MR) is 97.3 cm³/mol. The summed E-state index contributed by atoms with van der Waals surface area (Å²) in [7, 11) is 1.73. The van der Waals surface area contributed by atoms with Crippen LogP contribution in [0.25, 0.3) is 11.1 Å². The molecule has 2 aromatic carbocycles. The van der Waals surface area contributed by atoms with E-state index in [-0.39, 0.29) is 17.8 Å². The van der Waals surface area contributed by atoms with E-state index in [4.69, 9.17) is 4.42 Å². The smallest absolute Gasteiger partial charge is 0.408 e. The molecule has 0 saturated carbocycles. The van der Waals surface area contributed by atoms with E-state index in [1.54, 1.807) is 34.7 Å². The summed E-state index contributed by atoms with van der Waals surface area (Å²) >= 11 is 0. The average molecular weight is 356 g/mol. The SMILES string of the molecule is CC(c1ccc(F)cc1)N(C)C(=O)CCCn1c(=O)oc2ccccc21. The number of aromatic nitrogens is 1. The number of para-hydroxylation sites is 2. The van der Waals surface area contributed by atoms with Crippen LogP contribution in [0, 0.1) is 5.82 Å². The Bertz CT molecular complexity index is 959. The fourth-order valence-corrected chi connectivity index (χ4v) is 2.97. The molecule has 0 aliphatic carbocycles. The number of halogens is 1. The number of hydrogen-bond acceptors (Lipinski definition) is 3. The van der Waals surface area contributed by atoms with Gasteiger partial charge in [0.25, 0.3) is 0 Å². The molecule has 1 atom stereocenters. The summed E-state index contributed by atoms with van der Waals surface area (Å²) < 4.78 is 19.8. The van der Waals surface area contributed by atoms with Crippen molar-refractivity contribution in [2.24, 2.45) is 0 Å². The molecule has 3 aromatic rings. The molecule has 0 bridgehead atoms. The van der Waals surface area contributed by atoms with Crippen molar-refractivity contribution in [1.29, 1.82) is 0 Å². The molecule has 6 heteroatoms. The molecular formula is C20H21FN2O3. The summed E-state index contributed by atoms with van der Waals surface area (Å²) in [5.74, 6) is -0.734. The van der Waals surface area contributed by atoms with Crippen molar-refractivity contribution in [3.8, 4) is 0 Å². The van der Waals surface area contributed by atoms with Crippen LogP contribution in [0.2, 0.25) is 0 Å². The Balaban J connectivity index is 1.60. The van der Waals surface area contributed by atoms with Crippen molar-refractivity contribution in [1.82, 2.24) is 9.47 Å². The molecule has 1 aromatic heterocycles. The first kappa shape index (κ1) is 17.9. The fourth-order valence-electron chi connectivity index (χ4n) is 2.97. The lowest BCUT2D eigenvalue weighted by atomic mass is 10.1. The Morgan fingerprint density at radius 3 is 2.62 bits per heavy atom. The number of aryl methyl sites for hydroxylation is 1. The molecule has 0 radical (unpaired) electrons. The number of carbonyl (C=O) groups excluding carboxylic acids is 1. The van der Waals surface area contributed by atoms with Gasteiger partial charge in [0, 0.05) is 20.0 Å². The van der Waals surface area contributed by atoms with Crippen LogP contribution in [0.5, 0.6) is 0 Å². The van der Waals surface area contributed by atoms with Crippen LogP contribution in [0.3, 0.4) is 0 Å². The Morgan fingerprint density at radius 1 is 1.19 bits per heavy atom. The maximum atomic E-state index is 13.0. The zero-order valence-corrected chi connectivity index (χ0v) is 14.8. The zero-order chi connectivity index (χ0) is 18.7. The van der Waals surface area contributed by atoms with Crippen LogP contribution < -0.4 is 5.76 Å². The molecule has 0 aliphatic rings. The quantitative estimate of drug-likeness (QED) is 0.676. The fraction of sp³-hybridized carbons (Fsp3) is 0.300. The highest BCUT2D eigenvalue weighted by atomic mass is 19.1. The molecule has 0 fully saturated rings. The maximum Gasteiger partial charge on any atom is 0.419 e. The van der Waals surface area contributed by atoms with E-state index >= 15 is 0 Å². The number of amides is 1. The van der Waals surface area contributed by atoms with E-state index in [1.165, 1.54) is 12.1 Å². The summed E-state index contributed by atoms with van der Waals surface area (Å²) in [6.45, 7) is 2.32. The molecule has 0 saturated heterocycles. The summed E-state index contributed by atoms with van der Waals surface area (Å²) in [5, 5.41) is 0. The zero-order valence-electron chi connectivity index (χ0n) is 14.8. The standard InChI is InChI=1S/C20H21FN2O3/c1-14(15-9-11-16(21)12-10-15)22(2)19(24)8-5-13-23-17-6-3-4-7-18(17)26-20(23)25/h3-4,6-7,9-12,14H,5,8,13H2,1-2H3. The minimum absolute atomic E-state index is 0.0253. The van der Waals surface area contributed by atoms with E-state index in [2.05, 4.69) is 0 Å². The van der Waals surface area contributed by atoms with Gasteiger partial charge >= 0.3 is 5.76 Å². The lowest BCUT2D eigenvalue weighted by molar-refractivity contribution is -0.131. The van der Waals surface area contributed by atoms with Crippen molar-refractivity contribution < 1.29 is 13.6 Å². The minimum atomic E-state index is -0.410. The lowest BCUT2D eigenvalue weighted by Crippen LogP contribution is -2.29. The highest BCUT2D eigenvalue weighted by Crippen LogP contribution is 2.20. The summed E-state index contributed by atoms with van der Waals surface area (Å²) in [6, 6.07) is 13.2. The third-order valence-corrected chi connectivity index (χ3v) is 4.67. The van der Waals surface area contributed by atoms with Crippen LogP contribution in [-0.2, 0) is 11.3 Å². The first-order chi connectivity index (χ1) is 12.5. The van der Waals surface area contributed by atoms with Gasteiger partial charge in [-0.3, -0.25) is 9.36 Å². The van der Waals surface area contributed by atoms with Crippen molar-refractivity contribution in [2.75, 3.05) is 7.05 Å². The highest BCUT2D eigenvalue weighted by Gasteiger charge is 2.17. The molecule has 26 heavy (non-hydrogen) atoms. The number of rotatable bonds is 6. The van der Waals surface area contributed by atoms with Gasteiger partial charge in [-0.2, -0.15) is 0 Å². The van der Waals surface area contributed by atoms with Gasteiger partial charge in [0.05, 0.1) is 11.6 Å². The van der Waals surface area contributed by atoms with Crippen molar-refractivity contribution in [2.45, 2.75) is 32.4 Å². The number of carbonyl (C=O) groups is 1. The van der Waals surface area contributed by atoms with Gasteiger partial charge in [-0.15, -0.1) is 0 Å². The third kappa shape index (κ3) is 3.69. The average Bonchev–Trinajstić information content (AvgIpc) is 2.96. The van der Waals surface area contributed by atoms with Gasteiger partial charge in [-0.1, -0.05) is 24.3 Å². The monoisotopic (exact) mass is 356 g/mol. The second-order valence-corrected chi connectivity index (χ2v) is 6.32. The van der Waals surface area contributed by atoms with Crippen LogP contribution in [-0.4, -0.2) is 22.4 Å². The van der Waals surface area contributed by atoms with Gasteiger partial charge < -0.3 is 9.32 Å². The topological polar surface area (TPSA) is 55.5 Å². The molecule has 3 rings (SSSR count). The Labute approximate surface area is 150 Å². The second-order valence-electron chi connectivity index (χ2n) is 6.32. The summed E-state index contributed by atoms with van der Waals surface area (Å²) in [6.07, 6.45) is 0.844. The number of benzene rings is 2. The van der Waals surface area contributed by atoms with Gasteiger partial charge in [-0.25, -0.2) is 9.18 Å². The molecular weight excluding hydrogens is 335 g/mol. The summed E-state index contributed by atoms with van der Waals surface area (Å²) in [5.41, 5.74) is 2.16. The lowest BCUT2D eigenvalue weighted by Gasteiger charge is -2.25. The van der Waals surface area contributed by atoms with Gasteiger partial charge in [0.15, 0.2) is 5.58 Å². The van der Waals surface area contributed by atoms with Gasteiger partial charge in [-0.05, 0) is 43.2 Å². The van der Waals surface area contributed by atoms with Crippen molar-refractivity contribution in [3.05, 3.63) is 70.5 Å². The Kier molecular flexibility index (Phi) is 5.21. The molecule has 1 heterocycles. The van der Waals surface area contributed by atoms with Crippen LogP contribution in [0.15, 0.2) is 57.7 Å². The van der Waals surface area contributed by atoms with E-state index in [1.807, 2.05) is 25.1 Å². The largest absolute Gasteiger partial charge is 0.419 e. The number of oxazole rings is 1. The minimum Gasteiger partial charge on any atom is -0.408 e. The Morgan fingerprint density at radius 2 is 1.88 bits per heavy atom. The van der Waals surface area contributed by atoms with E-state index in [0.717, 1.165) is 11.1 Å². The normalized spacial score (nSPS) is 12.3. The van der Waals surface area contributed by atoms with E-state index in [0.29, 0.717) is 25.0 Å². The number of hydrogen-bond donors (Lipinski definition) is 0. The predicted octanol–water partition coefficient (Wildman–Crippen LogP) is 3.73. The maximum absolute atomic E-state index is 13.0. The molecule has 0 N–H and O–H groups in total. The van der Waals surface area contributed by atoms with Crippen molar-refractivity contribution >= 4 is 17.0 Å². The first-order valence-electron chi connectivity index (χ1n) is 8.57. The van der Waals surface area contributed by atoms with Crippen molar-refractivity contribution in [3.63, 3.8) is 0 Å². The third-order valence-electron chi connectivity index (χ3n) is 4.67.